The molecule has 2 aromatic rings. The van der Waals surface area contributed by atoms with Gasteiger partial charge in [-0.15, -0.1) is 0 Å². The molecule has 0 aliphatic rings. The first-order valence-corrected chi connectivity index (χ1v) is 10.4. The molecule has 0 bridgehead atoms. The van der Waals surface area contributed by atoms with Gasteiger partial charge in [0, 0.05) is 24.7 Å². The van der Waals surface area contributed by atoms with Gasteiger partial charge in [-0.1, -0.05) is 12.1 Å². The van der Waals surface area contributed by atoms with Crippen LogP contribution >= 0.6 is 0 Å². The number of aromatic nitrogens is 2. The molecule has 3 atom stereocenters. The van der Waals surface area contributed by atoms with Gasteiger partial charge < -0.3 is 42.0 Å². The highest BCUT2D eigenvalue weighted by Crippen LogP contribution is 2.12. The predicted molar refractivity (Wildman–Crippen MR) is 119 cm³/mol. The zero-order chi connectivity index (χ0) is 26.0. The fourth-order valence-electron chi connectivity index (χ4n) is 2.99. The van der Waals surface area contributed by atoms with E-state index in [9.17, 15) is 29.1 Å². The molecule has 14 heteroatoms. The molecule has 35 heavy (non-hydrogen) atoms. The van der Waals surface area contributed by atoms with Crippen LogP contribution in [0.5, 0.6) is 5.75 Å². The van der Waals surface area contributed by atoms with E-state index in [0.717, 1.165) is 0 Å². The van der Waals surface area contributed by atoms with Gasteiger partial charge in [0.1, 0.15) is 17.8 Å². The number of aromatic hydroxyl groups is 1. The van der Waals surface area contributed by atoms with Crippen LogP contribution in [0.15, 0.2) is 36.8 Å². The van der Waals surface area contributed by atoms with Crippen LogP contribution in [0.1, 0.15) is 17.7 Å². The van der Waals surface area contributed by atoms with Crippen LogP contribution < -0.4 is 21.7 Å². The number of aliphatic carboxylic acids is 2. The summed E-state index contributed by atoms with van der Waals surface area (Å²) in [6.07, 6.45) is 2.20. The summed E-state index contributed by atoms with van der Waals surface area (Å²) >= 11 is 0. The van der Waals surface area contributed by atoms with Gasteiger partial charge in [0.15, 0.2) is 0 Å². The number of rotatable bonds is 13. The number of benzene rings is 1. The van der Waals surface area contributed by atoms with Gasteiger partial charge >= 0.3 is 11.9 Å². The average molecular weight is 490 g/mol. The van der Waals surface area contributed by atoms with E-state index >= 15 is 0 Å². The van der Waals surface area contributed by atoms with Gasteiger partial charge in [0.05, 0.1) is 25.3 Å². The summed E-state index contributed by atoms with van der Waals surface area (Å²) in [7, 11) is 0. The van der Waals surface area contributed by atoms with E-state index in [1.807, 2.05) is 5.32 Å². The lowest BCUT2D eigenvalue weighted by molar-refractivity contribution is -0.147. The van der Waals surface area contributed by atoms with Crippen LogP contribution in [-0.4, -0.2) is 79.6 Å². The molecule has 188 valence electrons. The summed E-state index contributed by atoms with van der Waals surface area (Å²) in [5, 5.41) is 34.0. The van der Waals surface area contributed by atoms with Gasteiger partial charge in [0.2, 0.25) is 17.7 Å². The van der Waals surface area contributed by atoms with Crippen molar-refractivity contribution >= 4 is 29.7 Å². The number of amides is 3. The lowest BCUT2D eigenvalue weighted by Crippen LogP contribution is -2.54. The summed E-state index contributed by atoms with van der Waals surface area (Å²) in [6.45, 7) is -0.662. The van der Waals surface area contributed by atoms with Gasteiger partial charge in [-0.05, 0) is 17.7 Å². The van der Waals surface area contributed by atoms with Gasteiger partial charge in [-0.2, -0.15) is 0 Å². The highest BCUT2D eigenvalue weighted by Gasteiger charge is 2.26. The van der Waals surface area contributed by atoms with Gasteiger partial charge in [-0.25, -0.2) is 9.78 Å². The highest BCUT2D eigenvalue weighted by molar-refractivity contribution is 5.93. The molecule has 9 N–H and O–H groups in total. The molecule has 0 radical (unpaired) electrons. The lowest BCUT2D eigenvalue weighted by atomic mass is 10.0. The third kappa shape index (κ3) is 9.13. The average Bonchev–Trinajstić information content (AvgIpc) is 3.30. The number of nitrogens with two attached hydrogens (primary N) is 1. The number of hydrogen-bond acceptors (Lipinski definition) is 8. The van der Waals surface area contributed by atoms with Crippen molar-refractivity contribution in [3.05, 3.63) is 48.0 Å². The quantitative estimate of drug-likeness (QED) is 0.152. The third-order valence-corrected chi connectivity index (χ3v) is 4.78. The fraction of sp³-hybridized carbons (Fsp3) is 0.333. The van der Waals surface area contributed by atoms with E-state index in [0.29, 0.717) is 11.3 Å². The topological polar surface area (TPSA) is 237 Å². The minimum absolute atomic E-state index is 0.00591. The molecule has 0 aliphatic carbocycles. The smallest absolute Gasteiger partial charge is 0.326 e. The van der Waals surface area contributed by atoms with Crippen LogP contribution in [0.4, 0.5) is 0 Å². The maximum Gasteiger partial charge on any atom is 0.326 e. The number of imidazole rings is 1. The predicted octanol–water partition coefficient (Wildman–Crippen LogP) is -2.13. The zero-order valence-corrected chi connectivity index (χ0v) is 18.4. The molecule has 3 amide bonds. The Bertz CT molecular complexity index is 1040. The van der Waals surface area contributed by atoms with E-state index in [2.05, 4.69) is 20.6 Å². The Morgan fingerprint density at radius 1 is 0.971 bits per heavy atom. The van der Waals surface area contributed by atoms with Crippen molar-refractivity contribution < 1.29 is 39.3 Å². The Balaban J connectivity index is 2.03. The van der Waals surface area contributed by atoms with Crippen LogP contribution in [0, 0.1) is 0 Å². The van der Waals surface area contributed by atoms with E-state index in [4.69, 9.17) is 15.9 Å². The van der Waals surface area contributed by atoms with E-state index in [1.165, 1.54) is 24.7 Å². The Morgan fingerprint density at radius 2 is 1.66 bits per heavy atom. The number of phenols is 1. The van der Waals surface area contributed by atoms with Crippen molar-refractivity contribution in [3.63, 3.8) is 0 Å². The number of carbonyl (C=O) groups excluding carboxylic acids is 3. The second kappa shape index (κ2) is 12.7. The number of carboxylic acid groups (broad SMARTS) is 2. The molecular formula is C21H26N6O8. The summed E-state index contributed by atoms with van der Waals surface area (Å²) in [5.74, 6) is -5.31. The number of hydrogen-bond donors (Lipinski definition) is 8. The van der Waals surface area contributed by atoms with Crippen LogP contribution in [0.3, 0.4) is 0 Å². The first kappa shape index (κ1) is 26.8. The molecule has 2 rings (SSSR count). The minimum atomic E-state index is -1.68. The normalized spacial score (nSPS) is 13.2. The molecule has 0 saturated carbocycles. The van der Waals surface area contributed by atoms with Crippen molar-refractivity contribution in [2.24, 2.45) is 5.73 Å². The largest absolute Gasteiger partial charge is 0.508 e. The number of H-pyrrole nitrogens is 1. The molecule has 1 aromatic carbocycles. The standard InChI is InChI=1S/C21H26N6O8/c22-14(6-12-8-23-10-25-12)19(32)27-15(5-11-1-3-13(28)4-2-11)20(33)24-9-17(29)26-16(21(34)35)7-18(30)31/h1-4,8,10,14-16,28H,5-7,9,22H2,(H,23,25)(H,24,33)(H,26,29)(H,27,32)(H,30,31)(H,34,35). The molecule has 1 heterocycles. The summed E-state index contributed by atoms with van der Waals surface area (Å²) in [5.41, 5.74) is 7.12. The second-order valence-electron chi connectivity index (χ2n) is 7.59. The van der Waals surface area contributed by atoms with Crippen molar-refractivity contribution in [1.29, 1.82) is 0 Å². The van der Waals surface area contributed by atoms with E-state index in [-0.39, 0.29) is 18.6 Å². The van der Waals surface area contributed by atoms with Gasteiger partial charge in [0.25, 0.3) is 0 Å². The number of nitrogens with one attached hydrogen (secondary N) is 4. The fourth-order valence-corrected chi connectivity index (χ4v) is 2.99. The summed E-state index contributed by atoms with van der Waals surface area (Å²) < 4.78 is 0. The highest BCUT2D eigenvalue weighted by atomic mass is 16.4. The molecule has 1 aromatic heterocycles. The van der Waals surface area contributed by atoms with E-state index in [1.54, 1.807) is 12.1 Å². The third-order valence-electron chi connectivity index (χ3n) is 4.78. The molecule has 0 saturated heterocycles. The Hall–Kier alpha value is -4.46. The molecule has 0 aliphatic heterocycles. The number of carbonyl (C=O) groups is 5. The van der Waals surface area contributed by atoms with Gasteiger partial charge in [-0.3, -0.25) is 19.2 Å². The number of phenolic OH excluding ortho intramolecular Hbond substituents is 1. The number of carboxylic acids is 2. The number of aromatic amines is 1. The van der Waals surface area contributed by atoms with Crippen molar-refractivity contribution in [2.75, 3.05) is 6.54 Å². The molecule has 0 spiro atoms. The first-order chi connectivity index (χ1) is 16.5. The second-order valence-corrected chi connectivity index (χ2v) is 7.59. The molecule has 3 unspecified atom stereocenters. The van der Waals surface area contributed by atoms with Crippen LogP contribution in [-0.2, 0) is 36.8 Å². The van der Waals surface area contributed by atoms with E-state index < -0.39 is 60.8 Å². The molecule has 14 nitrogen and oxygen atoms in total. The maximum absolute atomic E-state index is 12.8. The SMILES string of the molecule is NC(Cc1cnc[nH]1)C(=O)NC(Cc1ccc(O)cc1)C(=O)NCC(=O)NC(CC(=O)O)C(=O)O. The van der Waals surface area contributed by atoms with Crippen molar-refractivity contribution in [1.82, 2.24) is 25.9 Å². The molecular weight excluding hydrogens is 464 g/mol. The molecule has 0 fully saturated rings. The van der Waals surface area contributed by atoms with Crippen LogP contribution in [0.2, 0.25) is 0 Å². The van der Waals surface area contributed by atoms with Crippen molar-refractivity contribution in [3.8, 4) is 5.75 Å². The Labute approximate surface area is 198 Å². The maximum atomic E-state index is 12.8. The van der Waals surface area contributed by atoms with Crippen LogP contribution in [0.25, 0.3) is 0 Å². The van der Waals surface area contributed by atoms with Crippen molar-refractivity contribution in [2.45, 2.75) is 37.4 Å². The Morgan fingerprint density at radius 3 is 2.23 bits per heavy atom. The summed E-state index contributed by atoms with van der Waals surface area (Å²) in [6, 6.07) is 2.04. The first-order valence-electron chi connectivity index (χ1n) is 10.4. The lowest BCUT2D eigenvalue weighted by Gasteiger charge is -2.21. The Kier molecular flexibility index (Phi) is 9.71. The number of nitrogens with zero attached hydrogens (tertiary/aromatic N) is 1. The monoisotopic (exact) mass is 490 g/mol. The zero-order valence-electron chi connectivity index (χ0n) is 18.4. The minimum Gasteiger partial charge on any atom is -0.508 e. The summed E-state index contributed by atoms with van der Waals surface area (Å²) in [4.78, 5) is 65.9.